The fraction of sp³-hybridized carbons (Fsp3) is 0.500. The van der Waals surface area contributed by atoms with E-state index in [4.69, 9.17) is 19.9 Å². The van der Waals surface area contributed by atoms with Gasteiger partial charge in [0.05, 0.1) is 29.0 Å². The molecule has 16 heteroatoms. The summed E-state index contributed by atoms with van der Waals surface area (Å²) in [4.78, 5) is 38.0. The molecule has 0 bridgehead atoms. The van der Waals surface area contributed by atoms with Gasteiger partial charge < -0.3 is 14.6 Å². The molecule has 228 valence electrons. The van der Waals surface area contributed by atoms with Gasteiger partial charge in [0.2, 0.25) is 10.0 Å². The van der Waals surface area contributed by atoms with Gasteiger partial charge in [-0.1, -0.05) is 18.5 Å². The van der Waals surface area contributed by atoms with Crippen molar-refractivity contribution in [1.29, 1.82) is 0 Å². The number of hydrogen-bond donors (Lipinski definition) is 2. The highest BCUT2D eigenvalue weighted by molar-refractivity contribution is 7.89. The van der Waals surface area contributed by atoms with Crippen molar-refractivity contribution in [3.05, 3.63) is 50.3 Å². The van der Waals surface area contributed by atoms with Crippen LogP contribution in [-0.4, -0.2) is 102 Å². The minimum absolute atomic E-state index is 0.0217. The quantitative estimate of drug-likeness (QED) is 0.216. The van der Waals surface area contributed by atoms with E-state index in [2.05, 4.69) is 15.0 Å². The third-order valence-corrected chi connectivity index (χ3v) is 8.94. The van der Waals surface area contributed by atoms with E-state index in [0.29, 0.717) is 55.1 Å². The lowest BCUT2D eigenvalue weighted by atomic mass is 10.1. The molecule has 0 spiro atoms. The Morgan fingerprint density at radius 1 is 1.21 bits per heavy atom. The van der Waals surface area contributed by atoms with E-state index in [-0.39, 0.29) is 36.0 Å². The molecule has 3 aromatic rings. The highest BCUT2D eigenvalue weighted by Gasteiger charge is 2.30. The summed E-state index contributed by atoms with van der Waals surface area (Å²) in [6.07, 6.45) is 2.97. The number of aryl methyl sites for hydroxylation is 2. The zero-order chi connectivity index (χ0) is 30.4. The Morgan fingerprint density at radius 3 is 2.60 bits per heavy atom. The van der Waals surface area contributed by atoms with Crippen LogP contribution in [-0.2, 0) is 26.1 Å². The first-order valence-corrected chi connectivity index (χ1v) is 15.1. The van der Waals surface area contributed by atoms with Crippen LogP contribution in [0.2, 0.25) is 0 Å². The Kier molecular flexibility index (Phi) is 9.80. The van der Waals surface area contributed by atoms with E-state index in [9.17, 15) is 18.1 Å². The number of benzene rings is 1. The van der Waals surface area contributed by atoms with Gasteiger partial charge in [0, 0.05) is 38.3 Å². The molecule has 3 heterocycles. The average Bonchev–Trinajstić information content (AvgIpc) is 3.23. The first kappa shape index (κ1) is 30.9. The van der Waals surface area contributed by atoms with Crippen LogP contribution in [0.15, 0.2) is 33.0 Å². The Hall–Kier alpha value is -4.02. The van der Waals surface area contributed by atoms with Crippen molar-refractivity contribution in [2.24, 2.45) is 5.16 Å². The summed E-state index contributed by atoms with van der Waals surface area (Å²) in [6.45, 7) is 7.59. The summed E-state index contributed by atoms with van der Waals surface area (Å²) >= 11 is 0. The van der Waals surface area contributed by atoms with Crippen LogP contribution >= 0.6 is 0 Å². The zero-order valence-corrected chi connectivity index (χ0v) is 24.9. The van der Waals surface area contributed by atoms with Gasteiger partial charge in [-0.25, -0.2) is 18.1 Å². The van der Waals surface area contributed by atoms with Gasteiger partial charge in [0.1, 0.15) is 23.3 Å². The summed E-state index contributed by atoms with van der Waals surface area (Å²) in [5, 5.41) is 16.6. The van der Waals surface area contributed by atoms with Gasteiger partial charge in [-0.3, -0.25) is 9.69 Å². The molecule has 42 heavy (non-hydrogen) atoms. The van der Waals surface area contributed by atoms with Crippen molar-refractivity contribution in [1.82, 2.24) is 23.8 Å². The fourth-order valence-electron chi connectivity index (χ4n) is 5.02. The predicted molar refractivity (Wildman–Crippen MR) is 152 cm³/mol. The Morgan fingerprint density at radius 2 is 1.95 bits per heavy atom. The van der Waals surface area contributed by atoms with Gasteiger partial charge in [0.15, 0.2) is 12.4 Å². The smallest absolute Gasteiger partial charge is 0.475 e. The number of piperazine rings is 1. The number of fused-ring (bicyclic) bond motifs is 1. The number of rotatable bonds is 13. The Balaban J connectivity index is 1.72. The fourth-order valence-corrected chi connectivity index (χ4v) is 6.47. The molecule has 0 unspecified atom stereocenters. The van der Waals surface area contributed by atoms with Crippen LogP contribution in [0, 0.1) is 11.8 Å². The third kappa shape index (κ3) is 6.39. The van der Waals surface area contributed by atoms with Crippen molar-refractivity contribution in [2.45, 2.75) is 38.5 Å². The van der Waals surface area contributed by atoms with Crippen LogP contribution in [0.1, 0.15) is 37.1 Å². The standard InChI is InChI=1S/C26H35N7O8S/c1-5-7-22-21(17-27-39-4)18(3)24-26(34)28-25(29-32(22)24)20-16-19(8-9-23(20)40-6-2)42(37,38)31-12-10-30(11-13-31)14-15-41-33(35)36/h8-9,16-17H,5-7,10-15H2,1-4H3,(H-,28,29,34,35,36)/p+1/b27-17+. The van der Waals surface area contributed by atoms with Gasteiger partial charge in [-0.2, -0.15) is 9.14 Å². The Labute approximate surface area is 242 Å². The summed E-state index contributed by atoms with van der Waals surface area (Å²) in [5.41, 5.74) is 2.54. The monoisotopic (exact) mass is 606 g/mol. The molecule has 0 amide bonds. The highest BCUT2D eigenvalue weighted by Crippen LogP contribution is 2.32. The van der Waals surface area contributed by atoms with Crippen molar-refractivity contribution in [2.75, 3.05) is 53.0 Å². The number of ether oxygens (including phenoxy) is 1. The molecular weight excluding hydrogens is 570 g/mol. The third-order valence-electron chi connectivity index (χ3n) is 7.04. The molecule has 1 saturated heterocycles. The lowest BCUT2D eigenvalue weighted by Gasteiger charge is -2.33. The van der Waals surface area contributed by atoms with Crippen LogP contribution in [0.5, 0.6) is 5.75 Å². The molecule has 1 aliphatic rings. The van der Waals surface area contributed by atoms with Crippen LogP contribution in [0.25, 0.3) is 16.9 Å². The average molecular weight is 607 g/mol. The second kappa shape index (κ2) is 13.3. The number of hydrogen-bond acceptors (Lipinski definition) is 10. The maximum Gasteiger partial charge on any atom is 0.475 e. The summed E-state index contributed by atoms with van der Waals surface area (Å²) in [5.74, 6) is 0.541. The lowest BCUT2D eigenvalue weighted by Crippen LogP contribution is -2.49. The molecule has 2 aromatic heterocycles. The maximum atomic E-state index is 13.7. The minimum Gasteiger partial charge on any atom is -0.493 e. The van der Waals surface area contributed by atoms with E-state index in [1.165, 1.54) is 23.5 Å². The van der Waals surface area contributed by atoms with Gasteiger partial charge in [-0.15, -0.1) is 5.10 Å². The SMILES string of the molecule is CCCc1c(/C=N/OC)c(C)c2c(=O)[nH]c(-c3cc(S(=O)(=O)N4CCN(CCO[N+](=O)O)CC4)ccc3OCC)nn12. The lowest BCUT2D eigenvalue weighted by molar-refractivity contribution is -0.975. The van der Waals surface area contributed by atoms with Crippen LogP contribution in [0.4, 0.5) is 0 Å². The molecule has 1 aromatic carbocycles. The van der Waals surface area contributed by atoms with Crippen LogP contribution < -0.4 is 10.3 Å². The van der Waals surface area contributed by atoms with E-state index in [1.807, 2.05) is 25.7 Å². The van der Waals surface area contributed by atoms with Gasteiger partial charge in [-0.05, 0) is 44.0 Å². The largest absolute Gasteiger partial charge is 0.493 e. The molecule has 1 fully saturated rings. The minimum atomic E-state index is -3.90. The van der Waals surface area contributed by atoms with Crippen molar-refractivity contribution in [3.63, 3.8) is 0 Å². The van der Waals surface area contributed by atoms with Gasteiger partial charge >= 0.3 is 5.09 Å². The molecule has 1 aliphatic heterocycles. The Bertz CT molecular complexity index is 1630. The zero-order valence-electron chi connectivity index (χ0n) is 24.1. The second-order valence-electron chi connectivity index (χ2n) is 9.62. The van der Waals surface area contributed by atoms with Crippen LogP contribution in [0.3, 0.4) is 0 Å². The van der Waals surface area contributed by atoms with E-state index in [0.717, 1.165) is 17.7 Å². The highest BCUT2D eigenvalue weighted by atomic mass is 32.2. The second-order valence-corrected chi connectivity index (χ2v) is 11.6. The predicted octanol–water partition coefficient (Wildman–Crippen LogP) is 1.74. The number of sulfonamides is 1. The first-order chi connectivity index (χ1) is 20.1. The van der Waals surface area contributed by atoms with E-state index < -0.39 is 15.1 Å². The van der Waals surface area contributed by atoms with E-state index in [1.54, 1.807) is 16.8 Å². The number of H-pyrrole nitrogens is 1. The first-order valence-electron chi connectivity index (χ1n) is 13.6. The number of aromatic amines is 1. The number of oxime groups is 1. The molecular formula is C26H36N7O8S+. The van der Waals surface area contributed by atoms with Crippen molar-refractivity contribution < 1.29 is 33.1 Å². The normalized spacial score (nSPS) is 15.0. The molecule has 15 nitrogen and oxygen atoms in total. The molecule has 0 aliphatic carbocycles. The molecule has 0 saturated carbocycles. The van der Waals surface area contributed by atoms with Gasteiger partial charge in [0.25, 0.3) is 5.56 Å². The molecule has 0 atom stereocenters. The van der Waals surface area contributed by atoms with E-state index >= 15 is 0 Å². The maximum absolute atomic E-state index is 13.7. The number of nitrogens with one attached hydrogen (secondary N) is 1. The molecule has 2 N–H and O–H groups in total. The van der Waals surface area contributed by atoms with Crippen molar-refractivity contribution in [3.8, 4) is 17.1 Å². The summed E-state index contributed by atoms with van der Waals surface area (Å²) in [7, 11) is -2.46. The topological polar surface area (TPSA) is 171 Å². The molecule has 0 radical (unpaired) electrons. The number of nitrogens with zero attached hydrogens (tertiary/aromatic N) is 6. The molecule has 4 rings (SSSR count). The van der Waals surface area contributed by atoms with Crippen molar-refractivity contribution >= 4 is 21.8 Å². The summed E-state index contributed by atoms with van der Waals surface area (Å²) in [6, 6.07) is 4.52. The summed E-state index contributed by atoms with van der Waals surface area (Å²) < 4.78 is 36.1. The number of aromatic nitrogens is 3.